The maximum atomic E-state index is 13.3. The molecule has 0 aliphatic rings. The second-order valence-corrected chi connectivity index (χ2v) is 6.58. The fraction of sp³-hybridized carbons (Fsp3) is 1.00. The molecule has 18 heavy (non-hydrogen) atoms. The average molecular weight is 300 g/mol. The number of halogens is 6. The van der Waals surface area contributed by atoms with E-state index < -0.39 is 32.6 Å². The van der Waals surface area contributed by atoms with Gasteiger partial charge in [-0.25, -0.2) is 0 Å². The molecule has 0 radical (unpaired) electrons. The second-order valence-electron chi connectivity index (χ2n) is 3.64. The van der Waals surface area contributed by atoms with Gasteiger partial charge in [-0.1, -0.05) is 0 Å². The predicted octanol–water partition coefficient (Wildman–Crippen LogP) is 2.79. The van der Waals surface area contributed by atoms with Crippen molar-refractivity contribution in [1.29, 1.82) is 0 Å². The van der Waals surface area contributed by atoms with Gasteiger partial charge in [-0.15, -0.1) is 0 Å². The van der Waals surface area contributed by atoms with Crippen LogP contribution in [0, 0.1) is 0 Å². The highest BCUT2D eigenvalue weighted by Gasteiger charge is 2.72. The molecule has 0 amide bonds. The Bertz CT molecular complexity index is 268. The van der Waals surface area contributed by atoms with E-state index >= 15 is 0 Å². The molecule has 0 aromatic heterocycles. The molecule has 0 aliphatic carbocycles. The van der Waals surface area contributed by atoms with Crippen LogP contribution in [0.25, 0.3) is 0 Å². The lowest BCUT2D eigenvalue weighted by molar-refractivity contribution is -0.298. The SMILES string of the molecule is CO[Si](CC(F)(F)C(F)(F)C(C)(F)F)(OC)OC. The normalized spacial score (nSPS) is 15.0. The number of rotatable bonds is 7. The summed E-state index contributed by atoms with van der Waals surface area (Å²) in [5.41, 5.74) is 0. The van der Waals surface area contributed by atoms with Gasteiger partial charge >= 0.3 is 26.6 Å². The minimum atomic E-state index is -5.53. The van der Waals surface area contributed by atoms with Crippen molar-refractivity contribution in [3.8, 4) is 0 Å². The standard InChI is InChI=1S/C8H14F6O3Si/c1-6(9,10)8(13,14)7(11,12)5-18(15-2,16-3)17-4/h5H2,1-4H3. The molecule has 10 heteroatoms. The van der Waals surface area contributed by atoms with Crippen molar-refractivity contribution in [3.63, 3.8) is 0 Å². The van der Waals surface area contributed by atoms with Crippen LogP contribution in [0.3, 0.4) is 0 Å². The maximum Gasteiger partial charge on any atom is 0.506 e. The van der Waals surface area contributed by atoms with Gasteiger partial charge in [0.15, 0.2) is 0 Å². The minimum Gasteiger partial charge on any atom is -0.377 e. The summed E-state index contributed by atoms with van der Waals surface area (Å²) in [6.07, 6.45) is 0. The van der Waals surface area contributed by atoms with E-state index in [1.165, 1.54) is 0 Å². The molecule has 0 saturated carbocycles. The van der Waals surface area contributed by atoms with Crippen molar-refractivity contribution in [2.75, 3.05) is 21.3 Å². The van der Waals surface area contributed by atoms with Crippen LogP contribution in [0.15, 0.2) is 0 Å². The summed E-state index contributed by atoms with van der Waals surface area (Å²) >= 11 is 0. The second kappa shape index (κ2) is 5.35. The first-order chi connectivity index (χ1) is 7.89. The third kappa shape index (κ3) is 3.16. The van der Waals surface area contributed by atoms with Gasteiger partial charge in [-0.2, -0.15) is 26.3 Å². The molecule has 0 N–H and O–H groups in total. The topological polar surface area (TPSA) is 27.7 Å². The fourth-order valence-electron chi connectivity index (χ4n) is 1.17. The Morgan fingerprint density at radius 3 is 1.39 bits per heavy atom. The van der Waals surface area contributed by atoms with Crippen LogP contribution in [-0.4, -0.2) is 47.9 Å². The molecule has 0 rings (SSSR count). The molecule has 0 heterocycles. The summed E-state index contributed by atoms with van der Waals surface area (Å²) in [6, 6.07) is -1.75. The zero-order chi connectivity index (χ0) is 14.8. The number of alkyl halides is 6. The van der Waals surface area contributed by atoms with Gasteiger partial charge in [0, 0.05) is 28.3 Å². The Kier molecular flexibility index (Phi) is 5.25. The van der Waals surface area contributed by atoms with E-state index in [0.29, 0.717) is 0 Å². The lowest BCUT2D eigenvalue weighted by Gasteiger charge is -2.34. The first-order valence-electron chi connectivity index (χ1n) is 4.68. The van der Waals surface area contributed by atoms with E-state index in [4.69, 9.17) is 0 Å². The van der Waals surface area contributed by atoms with Crippen LogP contribution in [-0.2, 0) is 13.3 Å². The molecule has 0 aromatic carbocycles. The summed E-state index contributed by atoms with van der Waals surface area (Å²) in [6.45, 7) is -0.281. The minimum absolute atomic E-state index is 0.281. The van der Waals surface area contributed by atoms with Crippen LogP contribution in [0.4, 0.5) is 26.3 Å². The van der Waals surface area contributed by atoms with Gasteiger partial charge in [-0.05, 0) is 0 Å². The molecular formula is C8H14F6O3Si. The highest BCUT2D eigenvalue weighted by atomic mass is 28.4. The zero-order valence-corrected chi connectivity index (χ0v) is 11.2. The van der Waals surface area contributed by atoms with Crippen molar-refractivity contribution in [2.45, 2.75) is 30.7 Å². The third-order valence-electron chi connectivity index (χ3n) is 2.38. The van der Waals surface area contributed by atoms with Gasteiger partial charge in [0.2, 0.25) is 0 Å². The largest absolute Gasteiger partial charge is 0.506 e. The fourth-order valence-corrected chi connectivity index (χ4v) is 2.87. The third-order valence-corrected chi connectivity index (χ3v) is 5.13. The molecule has 0 saturated heterocycles. The molecular weight excluding hydrogens is 286 g/mol. The Hall–Kier alpha value is -0.323. The van der Waals surface area contributed by atoms with Crippen molar-refractivity contribution in [2.24, 2.45) is 0 Å². The molecule has 0 unspecified atom stereocenters. The molecule has 0 aliphatic heterocycles. The highest BCUT2D eigenvalue weighted by molar-refractivity contribution is 6.60. The summed E-state index contributed by atoms with van der Waals surface area (Å²) in [5, 5.41) is 0. The Balaban J connectivity index is 5.28. The van der Waals surface area contributed by atoms with Gasteiger partial charge < -0.3 is 13.3 Å². The number of hydrogen-bond donors (Lipinski definition) is 0. The van der Waals surface area contributed by atoms with Crippen LogP contribution in [0.1, 0.15) is 6.92 Å². The first-order valence-corrected chi connectivity index (χ1v) is 6.61. The van der Waals surface area contributed by atoms with E-state index in [1.807, 2.05) is 0 Å². The molecule has 0 atom stereocenters. The summed E-state index contributed by atoms with van der Waals surface area (Å²) < 4.78 is 91.3. The van der Waals surface area contributed by atoms with Gasteiger partial charge in [-0.3, -0.25) is 0 Å². The maximum absolute atomic E-state index is 13.3. The molecule has 0 bridgehead atoms. The van der Waals surface area contributed by atoms with Crippen LogP contribution in [0.2, 0.25) is 6.04 Å². The Morgan fingerprint density at radius 1 is 0.833 bits per heavy atom. The lowest BCUT2D eigenvalue weighted by atomic mass is 10.1. The van der Waals surface area contributed by atoms with E-state index in [2.05, 4.69) is 13.3 Å². The summed E-state index contributed by atoms with van der Waals surface area (Å²) in [4.78, 5) is 0. The van der Waals surface area contributed by atoms with Gasteiger partial charge in [0.1, 0.15) is 0 Å². The van der Waals surface area contributed by atoms with E-state index in [1.54, 1.807) is 0 Å². The quantitative estimate of drug-likeness (QED) is 0.534. The predicted molar refractivity (Wildman–Crippen MR) is 52.1 cm³/mol. The highest BCUT2D eigenvalue weighted by Crippen LogP contribution is 2.49. The lowest BCUT2D eigenvalue weighted by Crippen LogP contribution is -2.58. The number of hydrogen-bond acceptors (Lipinski definition) is 3. The Morgan fingerprint density at radius 2 is 1.17 bits per heavy atom. The molecule has 3 nitrogen and oxygen atoms in total. The molecule has 0 aromatic rings. The monoisotopic (exact) mass is 300 g/mol. The van der Waals surface area contributed by atoms with Gasteiger partial charge in [0.05, 0.1) is 6.04 Å². The van der Waals surface area contributed by atoms with Crippen molar-refractivity contribution >= 4 is 8.80 Å². The van der Waals surface area contributed by atoms with E-state index in [0.717, 1.165) is 21.3 Å². The van der Waals surface area contributed by atoms with Crippen LogP contribution >= 0.6 is 0 Å². The molecule has 0 fully saturated rings. The first kappa shape index (κ1) is 17.7. The molecule has 0 spiro atoms. The summed E-state index contributed by atoms with van der Waals surface area (Å²) in [5.74, 6) is -15.4. The van der Waals surface area contributed by atoms with Crippen molar-refractivity contribution in [3.05, 3.63) is 0 Å². The van der Waals surface area contributed by atoms with Crippen molar-refractivity contribution in [1.82, 2.24) is 0 Å². The van der Waals surface area contributed by atoms with E-state index in [-0.39, 0.29) is 6.92 Å². The van der Waals surface area contributed by atoms with Crippen LogP contribution in [0.5, 0.6) is 0 Å². The van der Waals surface area contributed by atoms with Crippen LogP contribution < -0.4 is 0 Å². The Labute approximate surface area is 101 Å². The zero-order valence-electron chi connectivity index (χ0n) is 10.2. The average Bonchev–Trinajstić information content (AvgIpc) is 2.24. The van der Waals surface area contributed by atoms with Gasteiger partial charge in [0.25, 0.3) is 0 Å². The molecule has 110 valence electrons. The summed E-state index contributed by atoms with van der Waals surface area (Å²) in [7, 11) is -1.36. The van der Waals surface area contributed by atoms with E-state index in [9.17, 15) is 26.3 Å². The smallest absolute Gasteiger partial charge is 0.377 e. The van der Waals surface area contributed by atoms with Crippen molar-refractivity contribution < 1.29 is 39.6 Å².